The summed E-state index contributed by atoms with van der Waals surface area (Å²) in [5.41, 5.74) is 0.691. The van der Waals surface area contributed by atoms with Crippen molar-refractivity contribution in [3.63, 3.8) is 0 Å². The lowest BCUT2D eigenvalue weighted by Gasteiger charge is -1.97. The SMILES string of the molecule is Cn1c(Cl)nc2nc(CC3CC3)[nH]c2c1=O. The number of hydrogen-bond acceptors (Lipinski definition) is 3. The van der Waals surface area contributed by atoms with E-state index in [-0.39, 0.29) is 10.8 Å². The summed E-state index contributed by atoms with van der Waals surface area (Å²) >= 11 is 5.82. The van der Waals surface area contributed by atoms with Crippen LogP contribution in [0.5, 0.6) is 0 Å². The molecule has 6 heteroatoms. The minimum atomic E-state index is -0.176. The molecule has 2 heterocycles. The Morgan fingerprint density at radius 3 is 2.94 bits per heavy atom. The van der Waals surface area contributed by atoms with Crippen molar-refractivity contribution in [1.82, 2.24) is 19.5 Å². The Bertz CT molecular complexity index is 611. The van der Waals surface area contributed by atoms with Gasteiger partial charge in [-0.2, -0.15) is 4.98 Å². The van der Waals surface area contributed by atoms with Gasteiger partial charge in [-0.15, -0.1) is 0 Å². The highest BCUT2D eigenvalue weighted by Gasteiger charge is 2.23. The van der Waals surface area contributed by atoms with E-state index in [1.165, 1.54) is 17.4 Å². The maximum atomic E-state index is 11.8. The number of nitrogens with one attached hydrogen (secondary N) is 1. The molecule has 1 aliphatic rings. The van der Waals surface area contributed by atoms with Crippen molar-refractivity contribution in [2.45, 2.75) is 19.3 Å². The molecule has 0 aliphatic heterocycles. The molecule has 2 aromatic heterocycles. The van der Waals surface area contributed by atoms with Crippen molar-refractivity contribution in [2.24, 2.45) is 13.0 Å². The molecule has 0 aromatic carbocycles. The number of halogens is 1. The molecule has 1 N–H and O–H groups in total. The normalized spacial score (nSPS) is 15.9. The average molecular weight is 239 g/mol. The molecule has 1 fully saturated rings. The summed E-state index contributed by atoms with van der Waals surface area (Å²) in [6.07, 6.45) is 3.41. The first-order valence-electron chi connectivity index (χ1n) is 5.26. The fourth-order valence-corrected chi connectivity index (χ4v) is 1.90. The van der Waals surface area contributed by atoms with Crippen LogP contribution in [0, 0.1) is 5.92 Å². The number of H-pyrrole nitrogens is 1. The first-order valence-corrected chi connectivity index (χ1v) is 5.64. The molecule has 0 saturated heterocycles. The van der Waals surface area contributed by atoms with Gasteiger partial charge in [0.05, 0.1) is 0 Å². The second-order valence-corrected chi connectivity index (χ2v) is 4.61. The summed E-state index contributed by atoms with van der Waals surface area (Å²) in [4.78, 5) is 23.2. The Balaban J connectivity index is 2.15. The molecule has 1 saturated carbocycles. The molecule has 0 atom stereocenters. The van der Waals surface area contributed by atoms with Crippen LogP contribution in [-0.2, 0) is 13.5 Å². The number of imidazole rings is 1. The van der Waals surface area contributed by atoms with Gasteiger partial charge in [-0.1, -0.05) is 0 Å². The van der Waals surface area contributed by atoms with Crippen molar-refractivity contribution >= 4 is 22.8 Å². The Morgan fingerprint density at radius 1 is 1.50 bits per heavy atom. The highest BCUT2D eigenvalue weighted by molar-refractivity contribution is 6.28. The van der Waals surface area contributed by atoms with Crippen LogP contribution < -0.4 is 5.56 Å². The maximum Gasteiger partial charge on any atom is 0.280 e. The van der Waals surface area contributed by atoms with E-state index in [2.05, 4.69) is 15.0 Å². The second kappa shape index (κ2) is 3.31. The Kier molecular flexibility index (Phi) is 2.04. The Morgan fingerprint density at radius 2 is 2.25 bits per heavy atom. The zero-order valence-corrected chi connectivity index (χ0v) is 9.58. The molecule has 0 spiro atoms. The van der Waals surface area contributed by atoms with Gasteiger partial charge in [0.2, 0.25) is 5.28 Å². The van der Waals surface area contributed by atoms with Crippen LogP contribution in [0.4, 0.5) is 0 Å². The van der Waals surface area contributed by atoms with Gasteiger partial charge < -0.3 is 4.98 Å². The molecule has 16 heavy (non-hydrogen) atoms. The first-order chi connectivity index (χ1) is 7.65. The summed E-state index contributed by atoms with van der Waals surface area (Å²) < 4.78 is 1.31. The quantitative estimate of drug-likeness (QED) is 0.802. The van der Waals surface area contributed by atoms with E-state index in [0.717, 1.165) is 18.2 Å². The molecular weight excluding hydrogens is 228 g/mol. The Labute approximate surface area is 96.5 Å². The molecule has 2 aromatic rings. The number of nitrogens with zero attached hydrogens (tertiary/aromatic N) is 3. The highest BCUT2D eigenvalue weighted by atomic mass is 35.5. The van der Waals surface area contributed by atoms with Crippen molar-refractivity contribution in [2.75, 3.05) is 0 Å². The van der Waals surface area contributed by atoms with E-state index in [9.17, 15) is 4.79 Å². The fourth-order valence-electron chi connectivity index (χ4n) is 1.75. The molecule has 1 aliphatic carbocycles. The third-order valence-electron chi connectivity index (χ3n) is 2.91. The third kappa shape index (κ3) is 1.51. The van der Waals surface area contributed by atoms with Crippen LogP contribution in [0.2, 0.25) is 5.28 Å². The minimum Gasteiger partial charge on any atom is -0.336 e. The smallest absolute Gasteiger partial charge is 0.280 e. The summed E-state index contributed by atoms with van der Waals surface area (Å²) in [5, 5.41) is 0.168. The van der Waals surface area contributed by atoms with Gasteiger partial charge in [0.1, 0.15) is 5.82 Å². The van der Waals surface area contributed by atoms with Crippen LogP contribution in [0.15, 0.2) is 4.79 Å². The number of hydrogen-bond donors (Lipinski definition) is 1. The lowest BCUT2D eigenvalue weighted by molar-refractivity contribution is 0.787. The van der Waals surface area contributed by atoms with Gasteiger partial charge in [-0.3, -0.25) is 9.36 Å². The largest absolute Gasteiger partial charge is 0.336 e. The lowest BCUT2D eigenvalue weighted by Crippen LogP contribution is -2.18. The van der Waals surface area contributed by atoms with Crippen LogP contribution in [-0.4, -0.2) is 19.5 Å². The number of aromatic amines is 1. The van der Waals surface area contributed by atoms with Crippen molar-refractivity contribution in [1.29, 1.82) is 0 Å². The van der Waals surface area contributed by atoms with E-state index >= 15 is 0 Å². The first kappa shape index (κ1) is 9.84. The molecular formula is C10H11ClN4O. The van der Waals surface area contributed by atoms with E-state index in [0.29, 0.717) is 11.2 Å². The molecule has 84 valence electrons. The summed E-state index contributed by atoms with van der Waals surface area (Å²) in [7, 11) is 1.60. The zero-order chi connectivity index (χ0) is 11.3. The number of fused-ring (bicyclic) bond motifs is 1. The lowest BCUT2D eigenvalue weighted by atomic mass is 10.3. The summed E-state index contributed by atoms with van der Waals surface area (Å²) in [5.74, 6) is 1.56. The van der Waals surface area contributed by atoms with Gasteiger partial charge in [-0.25, -0.2) is 4.98 Å². The predicted molar refractivity (Wildman–Crippen MR) is 60.6 cm³/mol. The van der Waals surface area contributed by atoms with Crippen LogP contribution in [0.25, 0.3) is 11.2 Å². The summed E-state index contributed by atoms with van der Waals surface area (Å²) in [6, 6.07) is 0. The monoisotopic (exact) mass is 238 g/mol. The zero-order valence-electron chi connectivity index (χ0n) is 8.83. The standard InChI is InChI=1S/C10H11ClN4O/c1-15-9(16)7-8(14-10(15)11)13-6(12-7)4-5-2-3-5/h5H,2-4H2,1H3,(H,12,13). The second-order valence-electron chi connectivity index (χ2n) is 4.27. The van der Waals surface area contributed by atoms with E-state index in [4.69, 9.17) is 11.6 Å². The fraction of sp³-hybridized carbons (Fsp3) is 0.500. The topological polar surface area (TPSA) is 63.6 Å². The van der Waals surface area contributed by atoms with E-state index < -0.39 is 0 Å². The van der Waals surface area contributed by atoms with Crippen molar-refractivity contribution in [3.05, 3.63) is 21.5 Å². The van der Waals surface area contributed by atoms with Gasteiger partial charge in [0.25, 0.3) is 5.56 Å². The maximum absolute atomic E-state index is 11.8. The molecule has 0 bridgehead atoms. The van der Waals surface area contributed by atoms with Crippen molar-refractivity contribution < 1.29 is 0 Å². The van der Waals surface area contributed by atoms with Gasteiger partial charge in [0, 0.05) is 13.5 Å². The number of rotatable bonds is 2. The predicted octanol–water partition coefficient (Wildman–Crippen LogP) is 1.26. The minimum absolute atomic E-state index is 0.168. The van der Waals surface area contributed by atoms with Gasteiger partial charge >= 0.3 is 0 Å². The Hall–Kier alpha value is -1.36. The third-order valence-corrected chi connectivity index (χ3v) is 3.24. The van der Waals surface area contributed by atoms with Crippen molar-refractivity contribution in [3.8, 4) is 0 Å². The van der Waals surface area contributed by atoms with Gasteiger partial charge in [0.15, 0.2) is 11.2 Å². The van der Waals surface area contributed by atoms with E-state index in [1.807, 2.05) is 0 Å². The molecule has 3 rings (SSSR count). The van der Waals surface area contributed by atoms with Gasteiger partial charge in [-0.05, 0) is 30.4 Å². The molecule has 0 amide bonds. The average Bonchev–Trinajstić information content (AvgIpc) is 2.96. The molecule has 0 radical (unpaired) electrons. The van der Waals surface area contributed by atoms with Crippen LogP contribution in [0.1, 0.15) is 18.7 Å². The van der Waals surface area contributed by atoms with E-state index in [1.54, 1.807) is 7.05 Å². The molecule has 5 nitrogen and oxygen atoms in total. The molecule has 0 unspecified atom stereocenters. The highest BCUT2D eigenvalue weighted by Crippen LogP contribution is 2.31. The number of aromatic nitrogens is 4. The van der Waals surface area contributed by atoms with Crippen LogP contribution >= 0.6 is 11.6 Å². The summed E-state index contributed by atoms with van der Waals surface area (Å²) in [6.45, 7) is 0. The van der Waals surface area contributed by atoms with Crippen LogP contribution in [0.3, 0.4) is 0 Å².